The molecule has 0 spiro atoms. The lowest BCUT2D eigenvalue weighted by atomic mass is 9.99. The molecule has 0 aliphatic carbocycles. The van der Waals surface area contributed by atoms with E-state index in [1.807, 2.05) is 11.3 Å². The predicted molar refractivity (Wildman–Crippen MR) is 73.5 cm³/mol. The SMILES string of the molecule is Cc1ccc(CNC2CCN3CCCCC23)s1. The summed E-state index contributed by atoms with van der Waals surface area (Å²) >= 11 is 1.92. The molecule has 2 saturated heterocycles. The summed E-state index contributed by atoms with van der Waals surface area (Å²) < 4.78 is 0. The van der Waals surface area contributed by atoms with Gasteiger partial charge in [-0.25, -0.2) is 0 Å². The molecule has 1 aromatic rings. The number of nitrogens with zero attached hydrogens (tertiary/aromatic N) is 1. The molecule has 3 heterocycles. The molecule has 17 heavy (non-hydrogen) atoms. The Kier molecular flexibility index (Phi) is 3.50. The maximum absolute atomic E-state index is 3.78. The topological polar surface area (TPSA) is 15.3 Å². The van der Waals surface area contributed by atoms with Crippen LogP contribution in [0.25, 0.3) is 0 Å². The van der Waals surface area contributed by atoms with Gasteiger partial charge in [-0.3, -0.25) is 4.90 Å². The fraction of sp³-hybridized carbons (Fsp3) is 0.714. The van der Waals surface area contributed by atoms with Crippen molar-refractivity contribution >= 4 is 11.3 Å². The van der Waals surface area contributed by atoms with E-state index in [-0.39, 0.29) is 0 Å². The average Bonchev–Trinajstić information content (AvgIpc) is 2.93. The first kappa shape index (κ1) is 11.7. The Bertz CT molecular complexity index is 374. The molecule has 3 heteroatoms. The van der Waals surface area contributed by atoms with Gasteiger partial charge in [0.2, 0.25) is 0 Å². The molecule has 0 radical (unpaired) electrons. The maximum Gasteiger partial charge on any atom is 0.0303 e. The first-order valence-corrected chi connectivity index (χ1v) is 7.67. The van der Waals surface area contributed by atoms with Gasteiger partial charge >= 0.3 is 0 Å². The summed E-state index contributed by atoms with van der Waals surface area (Å²) in [6.07, 6.45) is 5.58. The number of hydrogen-bond donors (Lipinski definition) is 1. The van der Waals surface area contributed by atoms with Gasteiger partial charge in [0.15, 0.2) is 0 Å². The fourth-order valence-electron chi connectivity index (χ4n) is 3.30. The van der Waals surface area contributed by atoms with E-state index in [2.05, 4.69) is 29.3 Å². The molecule has 2 fully saturated rings. The first-order chi connectivity index (χ1) is 8.33. The molecule has 1 aromatic heterocycles. The van der Waals surface area contributed by atoms with Gasteiger partial charge in [-0.05, 0) is 44.9 Å². The number of fused-ring (bicyclic) bond motifs is 1. The highest BCUT2D eigenvalue weighted by Crippen LogP contribution is 2.27. The predicted octanol–water partition coefficient (Wildman–Crippen LogP) is 2.77. The zero-order chi connectivity index (χ0) is 11.7. The molecule has 2 nitrogen and oxygen atoms in total. The van der Waals surface area contributed by atoms with Crippen LogP contribution in [0.2, 0.25) is 0 Å². The molecule has 0 saturated carbocycles. The van der Waals surface area contributed by atoms with E-state index in [1.165, 1.54) is 48.5 Å². The molecule has 0 aromatic carbocycles. The minimum absolute atomic E-state index is 0.734. The van der Waals surface area contributed by atoms with E-state index in [0.29, 0.717) is 0 Å². The van der Waals surface area contributed by atoms with Gasteiger partial charge in [0.05, 0.1) is 0 Å². The number of rotatable bonds is 3. The lowest BCUT2D eigenvalue weighted by Gasteiger charge is -2.32. The lowest BCUT2D eigenvalue weighted by Crippen LogP contribution is -2.44. The van der Waals surface area contributed by atoms with Crippen molar-refractivity contribution in [3.63, 3.8) is 0 Å². The monoisotopic (exact) mass is 250 g/mol. The second-order valence-electron chi connectivity index (χ2n) is 5.39. The highest BCUT2D eigenvalue weighted by molar-refractivity contribution is 7.11. The van der Waals surface area contributed by atoms with Crippen molar-refractivity contribution in [1.29, 1.82) is 0 Å². The van der Waals surface area contributed by atoms with Crippen LogP contribution in [0, 0.1) is 6.92 Å². The molecule has 2 unspecified atom stereocenters. The quantitative estimate of drug-likeness (QED) is 0.887. The third-order valence-corrected chi connectivity index (χ3v) is 5.19. The van der Waals surface area contributed by atoms with Crippen LogP contribution in [0.5, 0.6) is 0 Å². The van der Waals surface area contributed by atoms with Crippen LogP contribution < -0.4 is 5.32 Å². The van der Waals surface area contributed by atoms with Gasteiger partial charge in [-0.1, -0.05) is 6.42 Å². The van der Waals surface area contributed by atoms with E-state index >= 15 is 0 Å². The molecule has 2 aliphatic heterocycles. The smallest absolute Gasteiger partial charge is 0.0303 e. The molecule has 1 N–H and O–H groups in total. The first-order valence-electron chi connectivity index (χ1n) is 6.86. The maximum atomic E-state index is 3.78. The van der Waals surface area contributed by atoms with Crippen molar-refractivity contribution in [1.82, 2.24) is 10.2 Å². The molecule has 2 aliphatic rings. The Morgan fingerprint density at radius 3 is 3.06 bits per heavy atom. The molecular formula is C14H22N2S. The van der Waals surface area contributed by atoms with E-state index in [0.717, 1.165) is 18.6 Å². The van der Waals surface area contributed by atoms with Gasteiger partial charge in [-0.15, -0.1) is 11.3 Å². The van der Waals surface area contributed by atoms with Crippen LogP contribution in [0.1, 0.15) is 35.4 Å². The number of aryl methyl sites for hydroxylation is 1. The summed E-state index contributed by atoms with van der Waals surface area (Å²) in [7, 11) is 0. The molecule has 94 valence electrons. The standard InChI is InChI=1S/C14H22N2S/c1-11-5-6-12(17-11)10-15-13-7-9-16-8-3-2-4-14(13)16/h5-6,13-15H,2-4,7-10H2,1H3. The number of hydrogen-bond acceptors (Lipinski definition) is 3. The van der Waals surface area contributed by atoms with Crippen molar-refractivity contribution in [3.8, 4) is 0 Å². The van der Waals surface area contributed by atoms with Crippen molar-refractivity contribution in [2.45, 2.75) is 51.2 Å². The Hall–Kier alpha value is -0.380. The molecule has 2 atom stereocenters. The molecule has 0 bridgehead atoms. The molecular weight excluding hydrogens is 228 g/mol. The second kappa shape index (κ2) is 5.09. The van der Waals surface area contributed by atoms with Crippen LogP contribution in [0.15, 0.2) is 12.1 Å². The summed E-state index contributed by atoms with van der Waals surface area (Å²) in [5.41, 5.74) is 0. The highest BCUT2D eigenvalue weighted by atomic mass is 32.1. The summed E-state index contributed by atoms with van der Waals surface area (Å²) in [5, 5.41) is 3.78. The van der Waals surface area contributed by atoms with E-state index in [4.69, 9.17) is 0 Å². The fourth-order valence-corrected chi connectivity index (χ4v) is 4.14. The van der Waals surface area contributed by atoms with Gasteiger partial charge in [0, 0.05) is 34.9 Å². The zero-order valence-corrected chi connectivity index (χ0v) is 11.4. The Morgan fingerprint density at radius 2 is 2.24 bits per heavy atom. The molecule has 0 amide bonds. The summed E-state index contributed by atoms with van der Waals surface area (Å²) in [4.78, 5) is 5.60. The minimum atomic E-state index is 0.734. The summed E-state index contributed by atoms with van der Waals surface area (Å²) in [6, 6.07) is 6.05. The van der Waals surface area contributed by atoms with Crippen molar-refractivity contribution in [3.05, 3.63) is 21.9 Å². The minimum Gasteiger partial charge on any atom is -0.307 e. The second-order valence-corrected chi connectivity index (χ2v) is 6.76. The van der Waals surface area contributed by atoms with Crippen LogP contribution in [0.4, 0.5) is 0 Å². The summed E-state index contributed by atoms with van der Waals surface area (Å²) in [5.74, 6) is 0. The van der Waals surface area contributed by atoms with Crippen LogP contribution in [0.3, 0.4) is 0 Å². The van der Waals surface area contributed by atoms with Crippen molar-refractivity contribution in [2.75, 3.05) is 13.1 Å². The van der Waals surface area contributed by atoms with Gasteiger partial charge < -0.3 is 5.32 Å². The third kappa shape index (κ3) is 2.56. The van der Waals surface area contributed by atoms with Crippen LogP contribution in [-0.2, 0) is 6.54 Å². The third-order valence-electron chi connectivity index (χ3n) is 4.19. The van der Waals surface area contributed by atoms with Crippen LogP contribution >= 0.6 is 11.3 Å². The Morgan fingerprint density at radius 1 is 1.29 bits per heavy atom. The lowest BCUT2D eigenvalue weighted by molar-refractivity contribution is 0.180. The Balaban J connectivity index is 1.55. The average molecular weight is 250 g/mol. The van der Waals surface area contributed by atoms with Crippen LogP contribution in [-0.4, -0.2) is 30.1 Å². The van der Waals surface area contributed by atoms with Gasteiger partial charge in [0.1, 0.15) is 0 Å². The number of piperidine rings is 1. The van der Waals surface area contributed by atoms with E-state index in [1.54, 1.807) is 0 Å². The largest absolute Gasteiger partial charge is 0.307 e. The molecule has 3 rings (SSSR count). The zero-order valence-electron chi connectivity index (χ0n) is 10.6. The number of thiophene rings is 1. The van der Waals surface area contributed by atoms with Gasteiger partial charge in [-0.2, -0.15) is 0 Å². The van der Waals surface area contributed by atoms with E-state index < -0.39 is 0 Å². The van der Waals surface area contributed by atoms with Gasteiger partial charge in [0.25, 0.3) is 0 Å². The van der Waals surface area contributed by atoms with Crippen molar-refractivity contribution < 1.29 is 0 Å². The Labute approximate surface area is 108 Å². The number of nitrogens with one attached hydrogen (secondary N) is 1. The van der Waals surface area contributed by atoms with Crippen molar-refractivity contribution in [2.24, 2.45) is 0 Å². The van der Waals surface area contributed by atoms with E-state index in [9.17, 15) is 0 Å². The normalized spacial score (nSPS) is 29.5. The highest BCUT2D eigenvalue weighted by Gasteiger charge is 2.34. The summed E-state index contributed by atoms with van der Waals surface area (Å²) in [6.45, 7) is 5.90.